The number of aromatic nitrogens is 1. The molecular formula is C12H17N3O2S. The molecular weight excluding hydrogens is 250 g/mol. The first-order valence-electron chi connectivity index (χ1n) is 5.63. The van der Waals surface area contributed by atoms with Gasteiger partial charge in [0.05, 0.1) is 24.5 Å². The Hall–Kier alpha value is -1.53. The summed E-state index contributed by atoms with van der Waals surface area (Å²) in [6, 6.07) is 1.95. The smallest absolute Gasteiger partial charge is 0.230 e. The molecule has 0 saturated carbocycles. The van der Waals surface area contributed by atoms with Crippen molar-refractivity contribution in [2.75, 3.05) is 26.1 Å². The van der Waals surface area contributed by atoms with Crippen molar-refractivity contribution in [2.45, 2.75) is 13.1 Å². The lowest BCUT2D eigenvalue weighted by atomic mass is 10.3. The predicted molar refractivity (Wildman–Crippen MR) is 72.2 cm³/mol. The number of nitrogens with one attached hydrogen (secondary N) is 1. The van der Waals surface area contributed by atoms with Crippen LogP contribution in [0, 0.1) is 0 Å². The lowest BCUT2D eigenvalue weighted by Gasteiger charge is -2.05. The minimum absolute atomic E-state index is 0.698. The third-order valence-electron chi connectivity index (χ3n) is 2.42. The molecule has 5 nitrogen and oxygen atoms in total. The molecule has 98 valence electrons. The van der Waals surface area contributed by atoms with Crippen LogP contribution in [0.5, 0.6) is 5.88 Å². The molecule has 18 heavy (non-hydrogen) atoms. The summed E-state index contributed by atoms with van der Waals surface area (Å²) in [7, 11) is 5.59. The Labute approximate surface area is 110 Å². The topological polar surface area (TPSA) is 50.5 Å². The van der Waals surface area contributed by atoms with E-state index in [0.29, 0.717) is 5.88 Å². The number of hydrogen-bond acceptors (Lipinski definition) is 6. The van der Waals surface area contributed by atoms with Crippen LogP contribution < -0.4 is 15.0 Å². The van der Waals surface area contributed by atoms with Gasteiger partial charge in [0.1, 0.15) is 0 Å². The molecule has 0 atom stereocenters. The number of furan rings is 1. The van der Waals surface area contributed by atoms with E-state index in [4.69, 9.17) is 9.15 Å². The number of thiazole rings is 1. The molecule has 2 aromatic heterocycles. The molecule has 2 aromatic rings. The lowest BCUT2D eigenvalue weighted by Crippen LogP contribution is -2.11. The van der Waals surface area contributed by atoms with Gasteiger partial charge in [-0.3, -0.25) is 0 Å². The van der Waals surface area contributed by atoms with Crippen molar-refractivity contribution in [3.05, 3.63) is 29.0 Å². The molecule has 0 aliphatic carbocycles. The van der Waals surface area contributed by atoms with E-state index in [2.05, 4.69) is 10.3 Å². The number of hydrogen-bond donors (Lipinski definition) is 1. The van der Waals surface area contributed by atoms with Crippen molar-refractivity contribution >= 4 is 16.5 Å². The quantitative estimate of drug-likeness (QED) is 0.868. The normalized spacial score (nSPS) is 10.6. The second kappa shape index (κ2) is 5.88. The number of rotatable bonds is 6. The van der Waals surface area contributed by atoms with Crippen LogP contribution in [0.2, 0.25) is 0 Å². The third-order valence-corrected chi connectivity index (χ3v) is 3.63. The van der Waals surface area contributed by atoms with E-state index in [9.17, 15) is 0 Å². The summed E-state index contributed by atoms with van der Waals surface area (Å²) >= 11 is 1.63. The van der Waals surface area contributed by atoms with Crippen LogP contribution >= 0.6 is 11.3 Å². The molecule has 0 fully saturated rings. The maximum atomic E-state index is 5.28. The van der Waals surface area contributed by atoms with E-state index in [1.165, 1.54) is 0 Å². The van der Waals surface area contributed by atoms with Crippen molar-refractivity contribution in [1.82, 2.24) is 10.3 Å². The largest absolute Gasteiger partial charge is 0.480 e. The molecule has 1 N–H and O–H groups in total. The fourth-order valence-corrected chi connectivity index (χ4v) is 2.42. The van der Waals surface area contributed by atoms with Gasteiger partial charge in [-0.25, -0.2) is 0 Å². The highest BCUT2D eigenvalue weighted by molar-refractivity contribution is 7.15. The molecule has 2 heterocycles. The van der Waals surface area contributed by atoms with Crippen LogP contribution in [0.25, 0.3) is 0 Å². The maximum absolute atomic E-state index is 5.28. The summed E-state index contributed by atoms with van der Waals surface area (Å²) in [5.74, 6) is 0.698. The number of ether oxygens (including phenoxy) is 1. The van der Waals surface area contributed by atoms with Gasteiger partial charge in [-0.15, -0.1) is 0 Å². The second-order valence-electron chi connectivity index (χ2n) is 4.06. The summed E-state index contributed by atoms with van der Waals surface area (Å²) in [5.41, 5.74) is 1.13. The number of anilines is 1. The van der Waals surface area contributed by atoms with Gasteiger partial charge in [0.15, 0.2) is 5.13 Å². The molecule has 0 aliphatic heterocycles. The Morgan fingerprint density at radius 1 is 1.44 bits per heavy atom. The molecule has 0 bridgehead atoms. The fraction of sp³-hybridized carbons (Fsp3) is 0.417. The molecule has 0 spiro atoms. The monoisotopic (exact) mass is 267 g/mol. The van der Waals surface area contributed by atoms with Crippen LogP contribution in [0.3, 0.4) is 0 Å². The van der Waals surface area contributed by atoms with E-state index < -0.39 is 0 Å². The Bertz CT molecular complexity index is 479. The van der Waals surface area contributed by atoms with E-state index in [1.807, 2.05) is 25.1 Å². The number of nitrogens with zero attached hydrogens (tertiary/aromatic N) is 2. The molecule has 0 aromatic carbocycles. The van der Waals surface area contributed by atoms with Crippen molar-refractivity contribution in [3.63, 3.8) is 0 Å². The third kappa shape index (κ3) is 3.02. The SMILES string of the molecule is COc1nc(N(C)C)sc1CNCc1ccoc1. The first kappa shape index (κ1) is 12.9. The molecule has 0 radical (unpaired) electrons. The predicted octanol–water partition coefficient (Wildman–Crippen LogP) is 2.10. The zero-order valence-electron chi connectivity index (χ0n) is 10.8. The summed E-state index contributed by atoms with van der Waals surface area (Å²) in [6.45, 7) is 1.51. The van der Waals surface area contributed by atoms with E-state index in [1.54, 1.807) is 31.0 Å². The van der Waals surface area contributed by atoms with Gasteiger partial charge < -0.3 is 19.4 Å². The Morgan fingerprint density at radius 3 is 2.89 bits per heavy atom. The first-order valence-corrected chi connectivity index (χ1v) is 6.45. The van der Waals surface area contributed by atoms with Gasteiger partial charge >= 0.3 is 0 Å². The van der Waals surface area contributed by atoms with Crippen LogP contribution in [0.1, 0.15) is 10.4 Å². The van der Waals surface area contributed by atoms with Crippen LogP contribution in [0.15, 0.2) is 23.0 Å². The Balaban J connectivity index is 1.95. The van der Waals surface area contributed by atoms with Crippen LogP contribution in [-0.2, 0) is 13.1 Å². The maximum Gasteiger partial charge on any atom is 0.230 e. The number of methoxy groups -OCH3 is 1. The van der Waals surface area contributed by atoms with Gasteiger partial charge in [-0.1, -0.05) is 11.3 Å². The van der Waals surface area contributed by atoms with Crippen molar-refractivity contribution in [3.8, 4) is 5.88 Å². The first-order chi connectivity index (χ1) is 8.70. The highest BCUT2D eigenvalue weighted by Gasteiger charge is 2.12. The molecule has 0 unspecified atom stereocenters. The standard InChI is InChI=1S/C12H17N3O2S/c1-15(2)12-14-11(16-3)10(18-12)7-13-6-9-4-5-17-8-9/h4-5,8,13H,6-7H2,1-3H3. The average Bonchev–Trinajstić information content (AvgIpc) is 2.97. The zero-order valence-corrected chi connectivity index (χ0v) is 11.6. The highest BCUT2D eigenvalue weighted by Crippen LogP contribution is 2.30. The van der Waals surface area contributed by atoms with Crippen LogP contribution in [-0.4, -0.2) is 26.2 Å². The summed E-state index contributed by atoms with van der Waals surface area (Å²) in [4.78, 5) is 7.49. The molecule has 6 heteroatoms. The lowest BCUT2D eigenvalue weighted by molar-refractivity contribution is 0.394. The van der Waals surface area contributed by atoms with Gasteiger partial charge in [0.2, 0.25) is 5.88 Å². The Kier molecular flexibility index (Phi) is 4.22. The van der Waals surface area contributed by atoms with E-state index >= 15 is 0 Å². The van der Waals surface area contributed by atoms with Crippen molar-refractivity contribution < 1.29 is 9.15 Å². The van der Waals surface area contributed by atoms with Gasteiger partial charge in [-0.05, 0) is 6.07 Å². The van der Waals surface area contributed by atoms with Gasteiger partial charge in [0, 0.05) is 32.7 Å². The minimum atomic E-state index is 0.698. The fourth-order valence-electron chi connectivity index (χ4n) is 1.50. The van der Waals surface area contributed by atoms with E-state index in [0.717, 1.165) is 28.7 Å². The molecule has 2 rings (SSSR count). The average molecular weight is 267 g/mol. The van der Waals surface area contributed by atoms with Gasteiger partial charge in [-0.2, -0.15) is 4.98 Å². The molecule has 0 aliphatic rings. The van der Waals surface area contributed by atoms with Crippen molar-refractivity contribution in [1.29, 1.82) is 0 Å². The summed E-state index contributed by atoms with van der Waals surface area (Å²) < 4.78 is 10.3. The van der Waals surface area contributed by atoms with Crippen molar-refractivity contribution in [2.24, 2.45) is 0 Å². The molecule has 0 amide bonds. The summed E-state index contributed by atoms with van der Waals surface area (Å²) in [5, 5.41) is 4.29. The Morgan fingerprint density at radius 2 is 2.28 bits per heavy atom. The summed E-state index contributed by atoms with van der Waals surface area (Å²) in [6.07, 6.45) is 3.41. The minimum Gasteiger partial charge on any atom is -0.480 e. The molecule has 0 saturated heterocycles. The van der Waals surface area contributed by atoms with E-state index in [-0.39, 0.29) is 0 Å². The van der Waals surface area contributed by atoms with Crippen LogP contribution in [0.4, 0.5) is 5.13 Å². The zero-order chi connectivity index (χ0) is 13.0. The second-order valence-corrected chi connectivity index (χ2v) is 5.12. The van der Waals surface area contributed by atoms with Gasteiger partial charge in [0.25, 0.3) is 0 Å². The highest BCUT2D eigenvalue weighted by atomic mass is 32.1.